The van der Waals surface area contributed by atoms with E-state index in [1.165, 1.54) is 49.7 Å². The molecule has 0 saturated heterocycles. The van der Waals surface area contributed by atoms with Gasteiger partial charge in [0.2, 0.25) is 0 Å². The van der Waals surface area contributed by atoms with Gasteiger partial charge in [0.05, 0.1) is 6.61 Å². The Morgan fingerprint density at radius 1 is 1.04 bits per heavy atom. The third kappa shape index (κ3) is 4.53. The van der Waals surface area contributed by atoms with Crippen molar-refractivity contribution in [2.24, 2.45) is 22.2 Å². The van der Waals surface area contributed by atoms with Crippen LogP contribution in [0.1, 0.15) is 92.9 Å². The summed E-state index contributed by atoms with van der Waals surface area (Å²) < 4.78 is 0. The van der Waals surface area contributed by atoms with Crippen LogP contribution >= 0.6 is 0 Å². The highest BCUT2D eigenvalue weighted by molar-refractivity contribution is 5.18. The van der Waals surface area contributed by atoms with E-state index in [1.807, 2.05) is 6.08 Å². The summed E-state index contributed by atoms with van der Waals surface area (Å²) >= 11 is 0. The summed E-state index contributed by atoms with van der Waals surface area (Å²) in [5, 5.41) is 8.96. The van der Waals surface area contributed by atoms with E-state index in [0.29, 0.717) is 16.2 Å². The quantitative estimate of drug-likeness (QED) is 0.476. The predicted octanol–water partition coefficient (Wildman–Crippen LogP) is 7.23. The van der Waals surface area contributed by atoms with Crippen LogP contribution in [0.4, 0.5) is 0 Å². The molecule has 1 N–H and O–H groups in total. The highest BCUT2D eigenvalue weighted by Gasteiger charge is 2.55. The van der Waals surface area contributed by atoms with Gasteiger partial charge in [0.1, 0.15) is 0 Å². The Hall–Kier alpha value is -0.820. The second-order valence-electron chi connectivity index (χ2n) is 10.2. The molecule has 1 nitrogen and oxygen atoms in total. The lowest BCUT2D eigenvalue weighted by Gasteiger charge is -2.60. The average Bonchev–Trinajstić information content (AvgIpc) is 2.55. The zero-order valence-corrected chi connectivity index (χ0v) is 18.2. The van der Waals surface area contributed by atoms with Crippen molar-refractivity contribution in [3.8, 4) is 0 Å². The molecule has 2 aliphatic carbocycles. The standard InChI is InChI=1S/C25H42O/c1-20(10-7-11-21(2)14-19-26)13-18-24(5)16-8-12-22-23(3,4)15-9-17-25(22,24)6/h8,10,14,16,22,26H,7,9,11-13,15,17-19H2,1-6H3/b20-10+,21-14+/t22-,24-,25-/m0/s1. The van der Waals surface area contributed by atoms with Crippen molar-refractivity contribution in [3.05, 3.63) is 35.5 Å². The Balaban J connectivity index is 2.02. The van der Waals surface area contributed by atoms with Crippen LogP contribution < -0.4 is 0 Å². The summed E-state index contributed by atoms with van der Waals surface area (Å²) in [6.07, 6.45) is 19.4. The van der Waals surface area contributed by atoms with Crippen molar-refractivity contribution in [1.29, 1.82) is 0 Å². The van der Waals surface area contributed by atoms with E-state index in [1.54, 1.807) is 0 Å². The molecule has 0 heterocycles. The fourth-order valence-electron chi connectivity index (χ4n) is 5.77. The Morgan fingerprint density at radius 2 is 1.73 bits per heavy atom. The van der Waals surface area contributed by atoms with Crippen LogP contribution in [0.3, 0.4) is 0 Å². The van der Waals surface area contributed by atoms with E-state index >= 15 is 0 Å². The van der Waals surface area contributed by atoms with Gasteiger partial charge in [-0.2, -0.15) is 0 Å². The lowest BCUT2D eigenvalue weighted by Crippen LogP contribution is -2.52. The predicted molar refractivity (Wildman–Crippen MR) is 114 cm³/mol. The first-order valence-electron chi connectivity index (χ1n) is 10.7. The minimum atomic E-state index is 0.162. The third-order valence-electron chi connectivity index (χ3n) is 7.90. The zero-order valence-electron chi connectivity index (χ0n) is 18.2. The molecule has 2 aliphatic rings. The Labute approximate surface area is 162 Å². The molecule has 0 bridgehead atoms. The molecule has 1 saturated carbocycles. The Kier molecular flexibility index (Phi) is 6.99. The van der Waals surface area contributed by atoms with Gasteiger partial charge in [-0.3, -0.25) is 0 Å². The van der Waals surface area contributed by atoms with E-state index in [2.05, 4.69) is 59.8 Å². The normalized spacial score (nSPS) is 34.7. The first kappa shape index (κ1) is 21.5. The number of fused-ring (bicyclic) bond motifs is 1. The minimum Gasteiger partial charge on any atom is -0.392 e. The molecular weight excluding hydrogens is 316 g/mol. The molecule has 148 valence electrons. The molecule has 3 atom stereocenters. The van der Waals surface area contributed by atoms with Crippen molar-refractivity contribution in [3.63, 3.8) is 0 Å². The van der Waals surface area contributed by atoms with Crippen LogP contribution in [-0.4, -0.2) is 11.7 Å². The SMILES string of the molecule is C/C(=C\CO)CC/C=C(\C)CC[C@]1(C)C=CC[C@H]2C(C)(C)CCC[C@@]21C. The largest absolute Gasteiger partial charge is 0.392 e. The van der Waals surface area contributed by atoms with Gasteiger partial charge in [-0.05, 0) is 81.0 Å². The number of hydrogen-bond acceptors (Lipinski definition) is 1. The Morgan fingerprint density at radius 3 is 2.42 bits per heavy atom. The van der Waals surface area contributed by atoms with Crippen LogP contribution in [0, 0.1) is 22.2 Å². The van der Waals surface area contributed by atoms with E-state index in [4.69, 9.17) is 5.11 Å². The van der Waals surface area contributed by atoms with Crippen LogP contribution in [0.25, 0.3) is 0 Å². The van der Waals surface area contributed by atoms with Crippen molar-refractivity contribution >= 4 is 0 Å². The summed E-state index contributed by atoms with van der Waals surface area (Å²) in [6, 6.07) is 0. The average molecular weight is 359 g/mol. The molecule has 0 aromatic rings. The van der Waals surface area contributed by atoms with Crippen molar-refractivity contribution in [1.82, 2.24) is 0 Å². The lowest BCUT2D eigenvalue weighted by molar-refractivity contribution is -0.0765. The summed E-state index contributed by atoms with van der Waals surface area (Å²) in [7, 11) is 0. The fraction of sp³-hybridized carbons (Fsp3) is 0.760. The van der Waals surface area contributed by atoms with Gasteiger partial charge in [0, 0.05) is 0 Å². The van der Waals surface area contributed by atoms with E-state index < -0.39 is 0 Å². The first-order chi connectivity index (χ1) is 12.1. The van der Waals surface area contributed by atoms with E-state index in [9.17, 15) is 0 Å². The van der Waals surface area contributed by atoms with Crippen LogP contribution in [0.5, 0.6) is 0 Å². The van der Waals surface area contributed by atoms with Crippen LogP contribution in [0.15, 0.2) is 35.5 Å². The number of rotatable bonds is 7. The maximum Gasteiger partial charge on any atom is 0.0614 e. The monoisotopic (exact) mass is 358 g/mol. The van der Waals surface area contributed by atoms with Gasteiger partial charge >= 0.3 is 0 Å². The van der Waals surface area contributed by atoms with Crippen molar-refractivity contribution in [2.75, 3.05) is 6.61 Å². The maximum atomic E-state index is 8.96. The molecule has 2 rings (SSSR count). The molecule has 0 unspecified atom stereocenters. The van der Waals surface area contributed by atoms with Gasteiger partial charge < -0.3 is 5.11 Å². The topological polar surface area (TPSA) is 20.2 Å². The summed E-state index contributed by atoms with van der Waals surface area (Å²) in [4.78, 5) is 0. The number of aliphatic hydroxyl groups is 1. The molecule has 0 radical (unpaired) electrons. The van der Waals surface area contributed by atoms with E-state index in [-0.39, 0.29) is 6.61 Å². The summed E-state index contributed by atoms with van der Waals surface area (Å²) in [5.74, 6) is 0.814. The third-order valence-corrected chi connectivity index (χ3v) is 7.90. The molecule has 0 spiro atoms. The summed E-state index contributed by atoms with van der Waals surface area (Å²) in [5.41, 5.74) is 4.04. The Bertz CT molecular complexity index is 565. The number of allylic oxidation sites excluding steroid dienone is 5. The fourth-order valence-corrected chi connectivity index (χ4v) is 5.77. The maximum absolute atomic E-state index is 8.96. The van der Waals surface area contributed by atoms with Gasteiger partial charge in [-0.25, -0.2) is 0 Å². The molecular formula is C25H42O. The number of aliphatic hydroxyl groups excluding tert-OH is 1. The van der Waals surface area contributed by atoms with Crippen molar-refractivity contribution < 1.29 is 5.11 Å². The van der Waals surface area contributed by atoms with Gasteiger partial charge in [0.25, 0.3) is 0 Å². The second kappa shape index (κ2) is 8.46. The van der Waals surface area contributed by atoms with E-state index in [0.717, 1.165) is 18.8 Å². The minimum absolute atomic E-state index is 0.162. The van der Waals surface area contributed by atoms with Crippen LogP contribution in [0.2, 0.25) is 0 Å². The second-order valence-corrected chi connectivity index (χ2v) is 10.2. The molecule has 0 aromatic carbocycles. The molecule has 0 aromatic heterocycles. The lowest BCUT2D eigenvalue weighted by atomic mass is 9.44. The molecule has 26 heavy (non-hydrogen) atoms. The van der Waals surface area contributed by atoms with Gasteiger partial charge in [-0.1, -0.05) is 69.6 Å². The molecule has 0 amide bonds. The van der Waals surface area contributed by atoms with Gasteiger partial charge in [-0.15, -0.1) is 0 Å². The van der Waals surface area contributed by atoms with Crippen LogP contribution in [-0.2, 0) is 0 Å². The smallest absolute Gasteiger partial charge is 0.0614 e. The highest BCUT2D eigenvalue weighted by Crippen LogP contribution is 2.63. The van der Waals surface area contributed by atoms with Gasteiger partial charge in [0.15, 0.2) is 0 Å². The molecule has 1 heteroatoms. The zero-order chi connectivity index (χ0) is 19.4. The molecule has 1 fully saturated rings. The summed E-state index contributed by atoms with van der Waals surface area (Å²) in [6.45, 7) is 14.7. The van der Waals surface area contributed by atoms with Crippen molar-refractivity contribution in [2.45, 2.75) is 92.9 Å². The number of hydrogen-bond donors (Lipinski definition) is 1. The highest BCUT2D eigenvalue weighted by atomic mass is 16.2. The molecule has 0 aliphatic heterocycles. The first-order valence-corrected chi connectivity index (χ1v) is 10.7.